The highest BCUT2D eigenvalue weighted by Crippen LogP contribution is 2.43. The summed E-state index contributed by atoms with van der Waals surface area (Å²) in [6.45, 7) is 1.94. The zero-order chi connectivity index (χ0) is 18.5. The summed E-state index contributed by atoms with van der Waals surface area (Å²) in [6, 6.07) is 17.4. The predicted molar refractivity (Wildman–Crippen MR) is 93.4 cm³/mol. The van der Waals surface area contributed by atoms with E-state index in [1.54, 1.807) is 30.3 Å². The molecule has 2 nitrogen and oxygen atoms in total. The lowest BCUT2D eigenvalue weighted by atomic mass is 10.1. The summed E-state index contributed by atoms with van der Waals surface area (Å²) in [5.74, 6) is -1.52. The SMILES string of the molecule is Cc1ccc(-c2ccc3c4ccccc4c(C(=O)C(F)(F)F)c-3o2)cc1. The van der Waals surface area contributed by atoms with Gasteiger partial charge in [-0.1, -0.05) is 54.1 Å². The average Bonchev–Trinajstić information content (AvgIpc) is 2.94. The first-order valence-corrected chi connectivity index (χ1v) is 7.99. The number of Topliss-reactive ketones (excluding diaryl/α,β-unsaturated/α-hetero) is 1. The van der Waals surface area contributed by atoms with Gasteiger partial charge in [0.2, 0.25) is 0 Å². The van der Waals surface area contributed by atoms with Gasteiger partial charge >= 0.3 is 6.18 Å². The molecule has 2 aliphatic rings. The number of halogens is 3. The van der Waals surface area contributed by atoms with E-state index in [1.807, 2.05) is 31.2 Å². The second-order valence-corrected chi connectivity index (χ2v) is 6.16. The number of carbonyl (C=O) groups is 1. The molecule has 1 aliphatic heterocycles. The number of ketones is 1. The quantitative estimate of drug-likeness (QED) is 0.398. The lowest BCUT2D eigenvalue weighted by Crippen LogP contribution is -2.22. The smallest absolute Gasteiger partial charge is 0.455 e. The first-order valence-electron chi connectivity index (χ1n) is 7.99. The first-order chi connectivity index (χ1) is 12.4. The van der Waals surface area contributed by atoms with Gasteiger partial charge in [-0.05, 0) is 29.8 Å². The third-order valence-electron chi connectivity index (χ3n) is 4.39. The van der Waals surface area contributed by atoms with Gasteiger partial charge in [-0.25, -0.2) is 0 Å². The van der Waals surface area contributed by atoms with E-state index in [1.165, 1.54) is 6.07 Å². The number of rotatable bonds is 2. The molecule has 0 atom stereocenters. The molecule has 0 bridgehead atoms. The van der Waals surface area contributed by atoms with Crippen LogP contribution >= 0.6 is 0 Å². The fraction of sp³-hybridized carbons (Fsp3) is 0.0952. The van der Waals surface area contributed by atoms with Crippen molar-refractivity contribution in [3.63, 3.8) is 0 Å². The molecule has 0 fully saturated rings. The molecule has 4 rings (SSSR count). The van der Waals surface area contributed by atoms with Crippen LogP contribution < -0.4 is 0 Å². The Hall–Kier alpha value is -3.08. The van der Waals surface area contributed by atoms with E-state index in [2.05, 4.69) is 0 Å². The molecule has 2 aromatic carbocycles. The predicted octanol–water partition coefficient (Wildman–Crippen LogP) is 6.26. The Kier molecular flexibility index (Phi) is 3.61. The summed E-state index contributed by atoms with van der Waals surface area (Å²) < 4.78 is 45.2. The van der Waals surface area contributed by atoms with Crippen LogP contribution in [0.2, 0.25) is 0 Å². The number of carbonyl (C=O) groups excluding carboxylic acids is 1. The number of fused-ring (bicyclic) bond motifs is 3. The Morgan fingerprint density at radius 2 is 1.54 bits per heavy atom. The number of hydrogen-bond acceptors (Lipinski definition) is 2. The van der Waals surface area contributed by atoms with Crippen LogP contribution in [0, 0.1) is 6.92 Å². The molecule has 0 radical (unpaired) electrons. The van der Waals surface area contributed by atoms with Crippen molar-refractivity contribution in [3.05, 3.63) is 71.8 Å². The molecule has 0 spiro atoms. The van der Waals surface area contributed by atoms with Gasteiger partial charge in [-0.3, -0.25) is 4.79 Å². The summed E-state index contributed by atoms with van der Waals surface area (Å²) >= 11 is 0. The van der Waals surface area contributed by atoms with Crippen LogP contribution in [0.25, 0.3) is 33.4 Å². The number of hydrogen-bond donors (Lipinski definition) is 0. The van der Waals surface area contributed by atoms with Gasteiger partial charge in [0.15, 0.2) is 0 Å². The molecule has 0 aromatic heterocycles. The fourth-order valence-electron chi connectivity index (χ4n) is 3.13. The van der Waals surface area contributed by atoms with Crippen molar-refractivity contribution in [1.82, 2.24) is 0 Å². The number of benzene rings is 2. The van der Waals surface area contributed by atoms with Gasteiger partial charge in [0.25, 0.3) is 5.78 Å². The molecule has 1 heterocycles. The summed E-state index contributed by atoms with van der Waals surface area (Å²) in [4.78, 5) is 12.1. The number of alkyl halides is 3. The minimum atomic E-state index is -4.97. The zero-order valence-electron chi connectivity index (χ0n) is 13.7. The molecule has 5 heteroatoms. The van der Waals surface area contributed by atoms with Crippen LogP contribution in [0.4, 0.5) is 13.2 Å². The molecule has 2 aromatic rings. The summed E-state index contributed by atoms with van der Waals surface area (Å²) in [5.41, 5.74) is 1.84. The van der Waals surface area contributed by atoms with Gasteiger partial charge < -0.3 is 4.42 Å². The molecule has 26 heavy (non-hydrogen) atoms. The van der Waals surface area contributed by atoms with Gasteiger partial charge in [-0.2, -0.15) is 13.2 Å². The fourth-order valence-corrected chi connectivity index (χ4v) is 3.13. The molecule has 1 aliphatic carbocycles. The van der Waals surface area contributed by atoms with Crippen molar-refractivity contribution in [3.8, 4) is 22.6 Å². The maximum absolute atomic E-state index is 13.1. The largest absolute Gasteiger partial charge is 0.455 e. The van der Waals surface area contributed by atoms with Crippen molar-refractivity contribution in [2.24, 2.45) is 0 Å². The van der Waals surface area contributed by atoms with Crippen molar-refractivity contribution in [2.75, 3.05) is 0 Å². The van der Waals surface area contributed by atoms with E-state index in [0.717, 1.165) is 11.1 Å². The minimum Gasteiger partial charge on any atom is -0.455 e. The average molecular weight is 354 g/mol. The van der Waals surface area contributed by atoms with E-state index in [0.29, 0.717) is 16.7 Å². The van der Waals surface area contributed by atoms with Crippen LogP contribution in [-0.2, 0) is 0 Å². The third-order valence-corrected chi connectivity index (χ3v) is 4.39. The Balaban J connectivity index is 2.02. The molecule has 130 valence electrons. The van der Waals surface area contributed by atoms with Gasteiger partial charge in [0, 0.05) is 11.1 Å². The standard InChI is InChI=1S/C21H13F3O2/c1-12-6-8-13(9-7-12)17-11-10-16-14-4-2-3-5-15(14)18(19(16)26-17)20(25)21(22,23)24/h2-11H,1H3. The van der Waals surface area contributed by atoms with Crippen LogP contribution in [-0.4, -0.2) is 12.0 Å². The highest BCUT2D eigenvalue weighted by Gasteiger charge is 2.43. The van der Waals surface area contributed by atoms with Crippen molar-refractivity contribution < 1.29 is 22.4 Å². The van der Waals surface area contributed by atoms with Crippen molar-refractivity contribution >= 4 is 16.6 Å². The first kappa shape index (κ1) is 16.4. The highest BCUT2D eigenvalue weighted by molar-refractivity contribution is 6.20. The van der Waals surface area contributed by atoms with Crippen LogP contribution in [0.3, 0.4) is 0 Å². The Morgan fingerprint density at radius 1 is 0.885 bits per heavy atom. The summed E-state index contributed by atoms with van der Waals surface area (Å²) in [5, 5.41) is 0.809. The molecule has 0 saturated carbocycles. The number of aryl methyl sites for hydroxylation is 1. The Labute approximate surface area is 147 Å². The Morgan fingerprint density at radius 3 is 2.19 bits per heavy atom. The second-order valence-electron chi connectivity index (χ2n) is 6.16. The molecular weight excluding hydrogens is 341 g/mol. The van der Waals surface area contributed by atoms with Gasteiger partial charge in [0.1, 0.15) is 11.5 Å². The van der Waals surface area contributed by atoms with Crippen LogP contribution in [0.15, 0.2) is 65.1 Å². The normalized spacial score (nSPS) is 12.0. The monoisotopic (exact) mass is 354 g/mol. The van der Waals surface area contributed by atoms with E-state index in [4.69, 9.17) is 4.42 Å². The lowest BCUT2D eigenvalue weighted by molar-refractivity contribution is -0.0884. The summed E-state index contributed by atoms with van der Waals surface area (Å²) in [6.07, 6.45) is -4.97. The molecule has 0 N–H and O–H groups in total. The highest BCUT2D eigenvalue weighted by atomic mass is 19.4. The Bertz CT molecular complexity index is 1090. The van der Waals surface area contributed by atoms with Crippen LogP contribution in [0.5, 0.6) is 0 Å². The van der Waals surface area contributed by atoms with E-state index in [-0.39, 0.29) is 11.1 Å². The summed E-state index contributed by atoms with van der Waals surface area (Å²) in [7, 11) is 0. The minimum absolute atomic E-state index is 0.0356. The maximum Gasteiger partial charge on any atom is 0.455 e. The van der Waals surface area contributed by atoms with Crippen LogP contribution in [0.1, 0.15) is 15.9 Å². The second kappa shape index (κ2) is 5.73. The molecule has 0 amide bonds. The molecule has 0 saturated heterocycles. The third kappa shape index (κ3) is 2.56. The van der Waals surface area contributed by atoms with Gasteiger partial charge in [-0.15, -0.1) is 0 Å². The van der Waals surface area contributed by atoms with E-state index in [9.17, 15) is 18.0 Å². The topological polar surface area (TPSA) is 30.2 Å². The molecule has 0 unspecified atom stereocenters. The van der Waals surface area contributed by atoms with Crippen molar-refractivity contribution in [1.29, 1.82) is 0 Å². The zero-order valence-corrected chi connectivity index (χ0v) is 13.7. The van der Waals surface area contributed by atoms with Gasteiger partial charge in [0.05, 0.1) is 5.56 Å². The maximum atomic E-state index is 13.1. The van der Waals surface area contributed by atoms with E-state index < -0.39 is 17.5 Å². The lowest BCUT2D eigenvalue weighted by Gasteiger charge is -2.09. The molecular formula is C21H13F3O2. The van der Waals surface area contributed by atoms with E-state index >= 15 is 0 Å². The van der Waals surface area contributed by atoms with Crippen molar-refractivity contribution in [2.45, 2.75) is 13.1 Å².